The number of hydrogen-bond donors (Lipinski definition) is 1. The first kappa shape index (κ1) is 11.9. The predicted molar refractivity (Wildman–Crippen MR) is 65.2 cm³/mol. The summed E-state index contributed by atoms with van der Waals surface area (Å²) in [5.41, 5.74) is 1.60. The second-order valence-corrected chi connectivity index (χ2v) is 4.09. The van der Waals surface area contributed by atoms with E-state index in [-0.39, 0.29) is 5.97 Å². The molecule has 1 heterocycles. The third-order valence-corrected chi connectivity index (χ3v) is 2.57. The topological polar surface area (TPSA) is 47.6 Å². The number of anilines is 1. The zero-order valence-electron chi connectivity index (χ0n) is 9.94. The Morgan fingerprint density at radius 2 is 2.12 bits per heavy atom. The first-order valence-corrected chi connectivity index (χ1v) is 5.91. The lowest BCUT2D eigenvalue weighted by Gasteiger charge is -2.27. The Labute approximate surface area is 101 Å². The van der Waals surface area contributed by atoms with E-state index in [4.69, 9.17) is 9.47 Å². The van der Waals surface area contributed by atoms with Gasteiger partial charge >= 0.3 is 5.97 Å². The molecule has 0 atom stereocenters. The Balaban J connectivity index is 1.89. The van der Waals surface area contributed by atoms with Crippen LogP contribution in [-0.2, 0) is 9.47 Å². The van der Waals surface area contributed by atoms with Crippen LogP contribution in [0, 0.1) is 0 Å². The van der Waals surface area contributed by atoms with E-state index in [0.29, 0.717) is 18.2 Å². The van der Waals surface area contributed by atoms with Gasteiger partial charge < -0.3 is 14.8 Å². The monoisotopic (exact) mass is 235 g/mol. The predicted octanol–water partition coefficient (Wildman–Crippen LogP) is 2.06. The van der Waals surface area contributed by atoms with Crippen LogP contribution >= 0.6 is 0 Å². The van der Waals surface area contributed by atoms with Gasteiger partial charge in [0.2, 0.25) is 0 Å². The quantitative estimate of drug-likeness (QED) is 0.794. The SMILES string of the molecule is CCCOC(=O)c1ccc(NC2COC2)cc1. The zero-order chi connectivity index (χ0) is 12.1. The summed E-state index contributed by atoms with van der Waals surface area (Å²) in [6, 6.07) is 7.73. The Hall–Kier alpha value is -1.55. The van der Waals surface area contributed by atoms with E-state index in [0.717, 1.165) is 25.3 Å². The van der Waals surface area contributed by atoms with Crippen LogP contribution in [0.3, 0.4) is 0 Å². The van der Waals surface area contributed by atoms with E-state index in [9.17, 15) is 4.79 Å². The Bertz CT molecular complexity index is 371. The number of esters is 1. The van der Waals surface area contributed by atoms with Gasteiger partial charge in [-0.15, -0.1) is 0 Å². The van der Waals surface area contributed by atoms with Crippen LogP contribution in [0.1, 0.15) is 23.7 Å². The number of rotatable bonds is 5. The van der Waals surface area contributed by atoms with Crippen LogP contribution in [0.2, 0.25) is 0 Å². The maximum absolute atomic E-state index is 11.5. The second-order valence-electron chi connectivity index (χ2n) is 4.09. The normalized spacial score (nSPS) is 15.1. The van der Waals surface area contributed by atoms with Crippen molar-refractivity contribution in [2.75, 3.05) is 25.1 Å². The van der Waals surface area contributed by atoms with Crippen LogP contribution in [0.25, 0.3) is 0 Å². The third kappa shape index (κ3) is 3.20. The van der Waals surface area contributed by atoms with Crippen molar-refractivity contribution in [1.29, 1.82) is 0 Å². The number of nitrogens with one attached hydrogen (secondary N) is 1. The molecule has 0 unspecified atom stereocenters. The molecule has 92 valence electrons. The van der Waals surface area contributed by atoms with Crippen molar-refractivity contribution in [3.8, 4) is 0 Å². The molecular weight excluding hydrogens is 218 g/mol. The largest absolute Gasteiger partial charge is 0.462 e. The van der Waals surface area contributed by atoms with Crippen molar-refractivity contribution < 1.29 is 14.3 Å². The second kappa shape index (κ2) is 5.68. The molecule has 1 aliphatic heterocycles. The average Bonchev–Trinajstić information content (AvgIpc) is 2.31. The van der Waals surface area contributed by atoms with Gasteiger partial charge in [-0.1, -0.05) is 6.92 Å². The van der Waals surface area contributed by atoms with E-state index >= 15 is 0 Å². The molecule has 0 bridgehead atoms. The first-order valence-electron chi connectivity index (χ1n) is 5.91. The van der Waals surface area contributed by atoms with Crippen molar-refractivity contribution in [1.82, 2.24) is 0 Å². The van der Waals surface area contributed by atoms with Gasteiger partial charge in [0.15, 0.2) is 0 Å². The maximum atomic E-state index is 11.5. The molecule has 1 aromatic carbocycles. The van der Waals surface area contributed by atoms with E-state index in [1.165, 1.54) is 0 Å². The van der Waals surface area contributed by atoms with Crippen molar-refractivity contribution in [2.24, 2.45) is 0 Å². The molecule has 1 fully saturated rings. The summed E-state index contributed by atoms with van der Waals surface area (Å²) in [4.78, 5) is 11.5. The summed E-state index contributed by atoms with van der Waals surface area (Å²) in [5.74, 6) is -0.259. The number of benzene rings is 1. The number of hydrogen-bond acceptors (Lipinski definition) is 4. The summed E-state index contributed by atoms with van der Waals surface area (Å²) < 4.78 is 10.1. The fourth-order valence-electron chi connectivity index (χ4n) is 1.54. The summed E-state index contributed by atoms with van der Waals surface area (Å²) >= 11 is 0. The Morgan fingerprint density at radius 3 is 2.65 bits per heavy atom. The fraction of sp³-hybridized carbons (Fsp3) is 0.462. The molecule has 17 heavy (non-hydrogen) atoms. The molecule has 4 heteroatoms. The highest BCUT2D eigenvalue weighted by atomic mass is 16.5. The summed E-state index contributed by atoms with van der Waals surface area (Å²) in [6.07, 6.45) is 0.840. The lowest BCUT2D eigenvalue weighted by molar-refractivity contribution is 0.0211. The highest BCUT2D eigenvalue weighted by Crippen LogP contribution is 2.14. The van der Waals surface area contributed by atoms with Gasteiger partial charge in [0.25, 0.3) is 0 Å². The Morgan fingerprint density at radius 1 is 1.41 bits per heavy atom. The standard InChI is InChI=1S/C13H17NO3/c1-2-7-17-13(15)10-3-5-11(6-4-10)14-12-8-16-9-12/h3-6,12,14H,2,7-9H2,1H3. The lowest BCUT2D eigenvalue weighted by Crippen LogP contribution is -2.40. The number of carbonyl (C=O) groups is 1. The highest BCUT2D eigenvalue weighted by molar-refractivity contribution is 5.89. The summed E-state index contributed by atoms with van der Waals surface area (Å²) in [5, 5.41) is 3.31. The fourth-order valence-corrected chi connectivity index (χ4v) is 1.54. The average molecular weight is 235 g/mol. The molecule has 1 N–H and O–H groups in total. The van der Waals surface area contributed by atoms with E-state index in [1.807, 2.05) is 19.1 Å². The van der Waals surface area contributed by atoms with Gasteiger partial charge in [-0.05, 0) is 30.7 Å². The van der Waals surface area contributed by atoms with Gasteiger partial charge in [-0.3, -0.25) is 0 Å². The van der Waals surface area contributed by atoms with Gasteiger partial charge in [0.05, 0.1) is 31.4 Å². The van der Waals surface area contributed by atoms with Crippen molar-refractivity contribution >= 4 is 11.7 Å². The smallest absolute Gasteiger partial charge is 0.338 e. The minimum Gasteiger partial charge on any atom is -0.462 e. The van der Waals surface area contributed by atoms with Crippen molar-refractivity contribution in [2.45, 2.75) is 19.4 Å². The van der Waals surface area contributed by atoms with Crippen LogP contribution in [0.4, 0.5) is 5.69 Å². The minimum atomic E-state index is -0.259. The van der Waals surface area contributed by atoms with Crippen LogP contribution in [0.5, 0.6) is 0 Å². The molecule has 1 aliphatic rings. The molecule has 0 saturated carbocycles. The minimum absolute atomic E-state index is 0.259. The van der Waals surface area contributed by atoms with Gasteiger partial charge in [-0.2, -0.15) is 0 Å². The molecule has 0 aromatic heterocycles. The zero-order valence-corrected chi connectivity index (χ0v) is 9.94. The van der Waals surface area contributed by atoms with Gasteiger partial charge in [-0.25, -0.2) is 4.79 Å². The number of carbonyl (C=O) groups excluding carboxylic acids is 1. The molecule has 2 rings (SSSR count). The van der Waals surface area contributed by atoms with Crippen LogP contribution < -0.4 is 5.32 Å². The van der Waals surface area contributed by atoms with Crippen molar-refractivity contribution in [3.63, 3.8) is 0 Å². The number of ether oxygens (including phenoxy) is 2. The van der Waals surface area contributed by atoms with Crippen LogP contribution in [0.15, 0.2) is 24.3 Å². The summed E-state index contributed by atoms with van der Waals surface area (Å²) in [7, 11) is 0. The van der Waals surface area contributed by atoms with E-state index in [1.54, 1.807) is 12.1 Å². The third-order valence-electron chi connectivity index (χ3n) is 2.57. The molecule has 0 aliphatic carbocycles. The molecule has 0 radical (unpaired) electrons. The Kier molecular flexibility index (Phi) is 3.98. The molecule has 0 spiro atoms. The van der Waals surface area contributed by atoms with E-state index < -0.39 is 0 Å². The molecule has 1 saturated heterocycles. The van der Waals surface area contributed by atoms with E-state index in [2.05, 4.69) is 5.32 Å². The molecular formula is C13H17NO3. The molecule has 4 nitrogen and oxygen atoms in total. The van der Waals surface area contributed by atoms with Gasteiger partial charge in [0.1, 0.15) is 0 Å². The van der Waals surface area contributed by atoms with Crippen LogP contribution in [-0.4, -0.2) is 31.8 Å². The van der Waals surface area contributed by atoms with Crippen molar-refractivity contribution in [3.05, 3.63) is 29.8 Å². The summed E-state index contributed by atoms with van der Waals surface area (Å²) in [6.45, 7) is 3.94. The maximum Gasteiger partial charge on any atom is 0.338 e. The highest BCUT2D eigenvalue weighted by Gasteiger charge is 2.17. The van der Waals surface area contributed by atoms with Gasteiger partial charge in [0, 0.05) is 5.69 Å². The lowest BCUT2D eigenvalue weighted by atomic mass is 10.2. The first-order chi connectivity index (χ1) is 8.29. The molecule has 0 amide bonds. The molecule has 1 aromatic rings.